The molecular weight excluding hydrogens is 332 g/mol. The molecule has 2 N–H and O–H groups in total. The fourth-order valence-electron chi connectivity index (χ4n) is 3.83. The van der Waals surface area contributed by atoms with Gasteiger partial charge in [0.15, 0.2) is 17.3 Å². The third-order valence-electron chi connectivity index (χ3n) is 5.00. The van der Waals surface area contributed by atoms with Gasteiger partial charge in [0.25, 0.3) is 5.56 Å². The second kappa shape index (κ2) is 5.44. The average Bonchev–Trinajstić information content (AvgIpc) is 3.23. The van der Waals surface area contributed by atoms with Gasteiger partial charge in [0, 0.05) is 23.1 Å². The minimum absolute atomic E-state index is 0.0686. The van der Waals surface area contributed by atoms with Crippen LogP contribution in [0.25, 0.3) is 22.0 Å². The summed E-state index contributed by atoms with van der Waals surface area (Å²) in [6, 6.07) is 10.8. The Kier molecular flexibility index (Phi) is 3.17. The summed E-state index contributed by atoms with van der Waals surface area (Å²) in [5, 5.41) is 1.07. The molecule has 6 heteroatoms. The Labute approximate surface area is 148 Å². The van der Waals surface area contributed by atoms with Gasteiger partial charge >= 0.3 is 0 Å². The van der Waals surface area contributed by atoms with Crippen molar-refractivity contribution in [3.8, 4) is 22.8 Å². The maximum absolute atomic E-state index is 13.2. The number of aromatic nitrogens is 1. The first-order chi connectivity index (χ1) is 12.7. The molecule has 0 unspecified atom stereocenters. The van der Waals surface area contributed by atoms with Crippen LogP contribution in [0.2, 0.25) is 0 Å². The van der Waals surface area contributed by atoms with Crippen LogP contribution in [0.4, 0.5) is 0 Å². The molecule has 6 nitrogen and oxygen atoms in total. The zero-order valence-corrected chi connectivity index (χ0v) is 14.0. The van der Waals surface area contributed by atoms with E-state index in [1.807, 2.05) is 18.2 Å². The van der Waals surface area contributed by atoms with Crippen molar-refractivity contribution in [2.75, 3.05) is 13.3 Å². The normalized spacial score (nSPS) is 14.0. The number of fused-ring (bicyclic) bond motifs is 6. The van der Waals surface area contributed by atoms with Crippen molar-refractivity contribution in [1.82, 2.24) is 4.57 Å². The highest BCUT2D eigenvalue weighted by molar-refractivity contribution is 6.26. The summed E-state index contributed by atoms with van der Waals surface area (Å²) < 4.78 is 12.5. The van der Waals surface area contributed by atoms with E-state index in [2.05, 4.69) is 0 Å². The van der Waals surface area contributed by atoms with E-state index in [0.29, 0.717) is 58.6 Å². The number of rotatable bonds is 3. The molecule has 1 aromatic heterocycles. The Bertz CT molecular complexity index is 1150. The minimum atomic E-state index is -0.144. The van der Waals surface area contributed by atoms with E-state index in [1.54, 1.807) is 22.8 Å². The van der Waals surface area contributed by atoms with Gasteiger partial charge in [0.2, 0.25) is 6.79 Å². The minimum Gasteiger partial charge on any atom is -0.454 e. The molecule has 5 rings (SSSR count). The van der Waals surface area contributed by atoms with Gasteiger partial charge < -0.3 is 19.8 Å². The maximum atomic E-state index is 13.2. The first-order valence-electron chi connectivity index (χ1n) is 8.55. The number of nitrogens with two attached hydrogens (primary N) is 1. The highest BCUT2D eigenvalue weighted by atomic mass is 16.7. The quantitative estimate of drug-likeness (QED) is 0.614. The number of ether oxygens (including phenoxy) is 2. The zero-order valence-electron chi connectivity index (χ0n) is 14.0. The van der Waals surface area contributed by atoms with E-state index in [9.17, 15) is 9.59 Å². The molecule has 0 saturated carbocycles. The molecule has 2 heterocycles. The Morgan fingerprint density at radius 2 is 1.69 bits per heavy atom. The van der Waals surface area contributed by atoms with Crippen LogP contribution in [0, 0.1) is 0 Å². The standard InChI is InChI=1S/C20H16N2O4/c21-6-3-7-22-18-11-4-1-2-5-12(11)19(23)17(18)13-8-15-16(26-10-25-15)9-14(13)20(22)24/h1-2,4-5,8-9H,3,6-7,10,21H2. The van der Waals surface area contributed by atoms with E-state index in [-0.39, 0.29) is 18.1 Å². The third-order valence-corrected chi connectivity index (χ3v) is 5.00. The lowest BCUT2D eigenvalue weighted by Gasteiger charge is -2.15. The van der Waals surface area contributed by atoms with Crippen LogP contribution < -0.4 is 20.8 Å². The monoisotopic (exact) mass is 348 g/mol. The van der Waals surface area contributed by atoms with Gasteiger partial charge in [-0.05, 0) is 25.1 Å². The summed E-state index contributed by atoms with van der Waals surface area (Å²) in [5.74, 6) is 1.02. The molecule has 2 aromatic carbocycles. The summed E-state index contributed by atoms with van der Waals surface area (Å²) in [6.07, 6.45) is 0.652. The summed E-state index contributed by atoms with van der Waals surface area (Å²) in [7, 11) is 0. The summed E-state index contributed by atoms with van der Waals surface area (Å²) >= 11 is 0. The number of nitrogens with zero attached hydrogens (tertiary/aromatic N) is 1. The van der Waals surface area contributed by atoms with Crippen LogP contribution in [0.1, 0.15) is 22.3 Å². The van der Waals surface area contributed by atoms with E-state index in [4.69, 9.17) is 15.2 Å². The Balaban J connectivity index is 1.92. The van der Waals surface area contributed by atoms with Crippen LogP contribution in [-0.2, 0) is 6.54 Å². The van der Waals surface area contributed by atoms with Crippen LogP contribution in [0.15, 0.2) is 41.2 Å². The van der Waals surface area contributed by atoms with Crippen molar-refractivity contribution in [1.29, 1.82) is 0 Å². The second-order valence-corrected chi connectivity index (χ2v) is 6.45. The van der Waals surface area contributed by atoms with E-state index < -0.39 is 0 Å². The fourth-order valence-corrected chi connectivity index (χ4v) is 3.83. The third kappa shape index (κ3) is 1.90. The predicted molar refractivity (Wildman–Crippen MR) is 96.9 cm³/mol. The van der Waals surface area contributed by atoms with Gasteiger partial charge in [-0.3, -0.25) is 9.59 Å². The molecule has 0 saturated heterocycles. The first kappa shape index (κ1) is 15.2. The number of pyridine rings is 1. The maximum Gasteiger partial charge on any atom is 0.259 e. The van der Waals surface area contributed by atoms with Gasteiger partial charge in [0.1, 0.15) is 0 Å². The lowest BCUT2D eigenvalue weighted by atomic mass is 10.0. The van der Waals surface area contributed by atoms with Gasteiger partial charge in [-0.25, -0.2) is 0 Å². The number of hydrogen-bond donors (Lipinski definition) is 1. The molecule has 130 valence electrons. The van der Waals surface area contributed by atoms with Crippen molar-refractivity contribution in [3.05, 3.63) is 57.9 Å². The van der Waals surface area contributed by atoms with Crippen LogP contribution >= 0.6 is 0 Å². The molecular formula is C20H16N2O4. The van der Waals surface area contributed by atoms with Crippen molar-refractivity contribution in [3.63, 3.8) is 0 Å². The molecule has 0 spiro atoms. The Morgan fingerprint density at radius 3 is 2.42 bits per heavy atom. The van der Waals surface area contributed by atoms with Gasteiger partial charge in [-0.15, -0.1) is 0 Å². The lowest BCUT2D eigenvalue weighted by molar-refractivity contribution is 0.104. The SMILES string of the molecule is NCCCn1c2c(c3cc4c(cc3c1=O)OCO4)C(=O)c1ccccc1-2. The largest absolute Gasteiger partial charge is 0.454 e. The number of ketones is 1. The predicted octanol–water partition coefficient (Wildman–Crippen LogP) is 2.29. The highest BCUT2D eigenvalue weighted by Gasteiger charge is 2.33. The molecule has 3 aromatic rings. The summed E-state index contributed by atoms with van der Waals surface area (Å²) in [5.41, 5.74) is 8.16. The van der Waals surface area contributed by atoms with Crippen LogP contribution in [-0.4, -0.2) is 23.7 Å². The summed E-state index contributed by atoms with van der Waals surface area (Å²) in [4.78, 5) is 26.4. The fraction of sp³-hybridized carbons (Fsp3) is 0.200. The Hall–Kier alpha value is -3.12. The van der Waals surface area contributed by atoms with Crippen molar-refractivity contribution >= 4 is 16.6 Å². The summed E-state index contributed by atoms with van der Waals surface area (Å²) in [6.45, 7) is 1.04. The van der Waals surface area contributed by atoms with Crippen LogP contribution in [0.5, 0.6) is 11.5 Å². The average molecular weight is 348 g/mol. The van der Waals surface area contributed by atoms with Gasteiger partial charge in [0.05, 0.1) is 16.6 Å². The van der Waals surface area contributed by atoms with E-state index >= 15 is 0 Å². The molecule has 0 atom stereocenters. The molecule has 0 amide bonds. The zero-order chi connectivity index (χ0) is 17.8. The lowest BCUT2D eigenvalue weighted by Crippen LogP contribution is -2.24. The molecule has 1 aliphatic heterocycles. The van der Waals surface area contributed by atoms with E-state index in [0.717, 1.165) is 5.56 Å². The van der Waals surface area contributed by atoms with Crippen molar-refractivity contribution in [2.24, 2.45) is 5.73 Å². The topological polar surface area (TPSA) is 83.6 Å². The molecule has 0 bridgehead atoms. The smallest absolute Gasteiger partial charge is 0.259 e. The number of carbonyl (C=O) groups is 1. The molecule has 0 radical (unpaired) electrons. The Morgan fingerprint density at radius 1 is 1.00 bits per heavy atom. The number of benzene rings is 2. The van der Waals surface area contributed by atoms with E-state index in [1.165, 1.54) is 0 Å². The highest BCUT2D eigenvalue weighted by Crippen LogP contribution is 2.43. The number of carbonyl (C=O) groups excluding carboxylic acids is 1. The van der Waals surface area contributed by atoms with Gasteiger partial charge in [-0.1, -0.05) is 24.3 Å². The van der Waals surface area contributed by atoms with Crippen molar-refractivity contribution < 1.29 is 14.3 Å². The first-order valence-corrected chi connectivity index (χ1v) is 8.55. The number of hydrogen-bond acceptors (Lipinski definition) is 5. The second-order valence-electron chi connectivity index (χ2n) is 6.45. The van der Waals surface area contributed by atoms with Gasteiger partial charge in [-0.2, -0.15) is 0 Å². The van der Waals surface area contributed by atoms with Crippen molar-refractivity contribution in [2.45, 2.75) is 13.0 Å². The van der Waals surface area contributed by atoms with Crippen LogP contribution in [0.3, 0.4) is 0 Å². The molecule has 0 fully saturated rings. The molecule has 26 heavy (non-hydrogen) atoms. The molecule has 2 aliphatic rings. The molecule has 1 aliphatic carbocycles.